The highest BCUT2D eigenvalue weighted by atomic mass is 79.9. The number of anilines is 1. The highest BCUT2D eigenvalue weighted by Crippen LogP contribution is 2.32. The Hall–Kier alpha value is -3.89. The number of nitrogens with zero attached hydrogens (tertiary/aromatic N) is 4. The van der Waals surface area contributed by atoms with Crippen LogP contribution < -0.4 is 5.01 Å². The number of hydrogen-bond acceptors (Lipinski definition) is 7. The number of aromatic nitrogens is 1. The summed E-state index contributed by atoms with van der Waals surface area (Å²) in [6.07, 6.45) is 1.26. The first-order chi connectivity index (χ1) is 16.0. The zero-order chi connectivity index (χ0) is 22.9. The lowest BCUT2D eigenvalue weighted by Gasteiger charge is -2.14. The number of thiazole rings is 1. The lowest BCUT2D eigenvalue weighted by molar-refractivity contribution is -0.402. The molecule has 3 aromatic carbocycles. The predicted octanol–water partition coefficient (Wildman–Crippen LogP) is 6.39. The second kappa shape index (κ2) is 8.57. The summed E-state index contributed by atoms with van der Waals surface area (Å²) in [6.45, 7) is 0. The maximum Gasteiger partial charge on any atom is 0.433 e. The zero-order valence-corrected chi connectivity index (χ0v) is 19.1. The van der Waals surface area contributed by atoms with Crippen molar-refractivity contribution in [1.82, 2.24) is 4.98 Å². The SMILES string of the molecule is O=C(c1ccc2ccccc2c1)N(/N=C/c1ccc([N+](=O)[O-])o1)c1nc2ccc(Br)cc2s1. The Morgan fingerprint density at radius 2 is 1.91 bits per heavy atom. The third-order valence-corrected chi connectivity index (χ3v) is 6.29. The Balaban J connectivity index is 1.57. The van der Waals surface area contributed by atoms with Gasteiger partial charge in [-0.25, -0.2) is 4.98 Å². The minimum atomic E-state index is -0.638. The molecule has 162 valence electrons. The number of nitro groups is 1. The Bertz CT molecular complexity index is 1560. The summed E-state index contributed by atoms with van der Waals surface area (Å²) in [7, 11) is 0. The Labute approximate surface area is 199 Å². The monoisotopic (exact) mass is 520 g/mol. The minimum Gasteiger partial charge on any atom is -0.400 e. The van der Waals surface area contributed by atoms with Gasteiger partial charge in [0.05, 0.1) is 22.5 Å². The van der Waals surface area contributed by atoms with E-state index in [9.17, 15) is 14.9 Å². The maximum absolute atomic E-state index is 13.5. The third-order valence-electron chi connectivity index (χ3n) is 4.80. The summed E-state index contributed by atoms with van der Waals surface area (Å²) in [5, 5.41) is 18.6. The quantitative estimate of drug-likeness (QED) is 0.151. The van der Waals surface area contributed by atoms with Crippen molar-refractivity contribution in [2.75, 3.05) is 5.01 Å². The number of halogens is 1. The van der Waals surface area contributed by atoms with Crippen molar-refractivity contribution in [3.63, 3.8) is 0 Å². The van der Waals surface area contributed by atoms with Crippen molar-refractivity contribution in [2.45, 2.75) is 0 Å². The maximum atomic E-state index is 13.5. The van der Waals surface area contributed by atoms with Crippen LogP contribution in [-0.2, 0) is 0 Å². The molecule has 0 aliphatic rings. The molecular weight excluding hydrogens is 508 g/mol. The zero-order valence-electron chi connectivity index (χ0n) is 16.7. The molecule has 0 atom stereocenters. The second-order valence-corrected chi connectivity index (χ2v) is 8.89. The fraction of sp³-hybridized carbons (Fsp3) is 0. The molecule has 5 aromatic rings. The predicted molar refractivity (Wildman–Crippen MR) is 131 cm³/mol. The third kappa shape index (κ3) is 4.26. The van der Waals surface area contributed by atoms with Crippen LogP contribution in [0.15, 0.2) is 86.8 Å². The largest absolute Gasteiger partial charge is 0.433 e. The summed E-state index contributed by atoms with van der Waals surface area (Å²) < 4.78 is 6.91. The van der Waals surface area contributed by atoms with Gasteiger partial charge in [-0.3, -0.25) is 14.9 Å². The number of carbonyl (C=O) groups is 1. The number of amides is 1. The van der Waals surface area contributed by atoms with E-state index in [1.807, 2.05) is 48.5 Å². The summed E-state index contributed by atoms with van der Waals surface area (Å²) in [6, 6.07) is 21.4. The lowest BCUT2D eigenvalue weighted by atomic mass is 10.1. The molecule has 0 aliphatic carbocycles. The van der Waals surface area contributed by atoms with E-state index in [4.69, 9.17) is 4.42 Å². The number of carbonyl (C=O) groups excluding carboxylic acids is 1. The van der Waals surface area contributed by atoms with Crippen LogP contribution in [0, 0.1) is 10.1 Å². The van der Waals surface area contributed by atoms with Gasteiger partial charge in [0.2, 0.25) is 5.13 Å². The molecule has 5 rings (SSSR count). The van der Waals surface area contributed by atoms with Crippen LogP contribution in [0.3, 0.4) is 0 Å². The van der Waals surface area contributed by atoms with Gasteiger partial charge < -0.3 is 4.42 Å². The normalized spacial score (nSPS) is 11.4. The van der Waals surface area contributed by atoms with Crippen LogP contribution in [-0.4, -0.2) is 22.0 Å². The van der Waals surface area contributed by atoms with E-state index in [1.54, 1.807) is 12.1 Å². The van der Waals surface area contributed by atoms with Gasteiger partial charge in [0.1, 0.15) is 4.92 Å². The average molecular weight is 521 g/mol. The van der Waals surface area contributed by atoms with Gasteiger partial charge in [-0.15, -0.1) is 0 Å². The van der Waals surface area contributed by atoms with Gasteiger partial charge in [0.25, 0.3) is 5.91 Å². The molecule has 0 bridgehead atoms. The summed E-state index contributed by atoms with van der Waals surface area (Å²) in [5.74, 6) is -0.660. The van der Waals surface area contributed by atoms with E-state index in [0.717, 1.165) is 25.5 Å². The molecule has 0 spiro atoms. The van der Waals surface area contributed by atoms with Crippen molar-refractivity contribution >= 4 is 71.4 Å². The number of hydrazone groups is 1. The average Bonchev–Trinajstić information content (AvgIpc) is 3.46. The highest BCUT2D eigenvalue weighted by molar-refractivity contribution is 9.10. The van der Waals surface area contributed by atoms with Crippen molar-refractivity contribution in [3.05, 3.63) is 98.7 Å². The van der Waals surface area contributed by atoms with Gasteiger partial charge in [0, 0.05) is 10.0 Å². The first kappa shape index (κ1) is 21.0. The molecule has 0 aliphatic heterocycles. The molecule has 8 nitrogen and oxygen atoms in total. The smallest absolute Gasteiger partial charge is 0.400 e. The van der Waals surface area contributed by atoms with E-state index >= 15 is 0 Å². The van der Waals surface area contributed by atoms with Crippen molar-refractivity contribution in [3.8, 4) is 0 Å². The molecule has 0 unspecified atom stereocenters. The topological polar surface area (TPSA) is 102 Å². The van der Waals surface area contributed by atoms with Gasteiger partial charge >= 0.3 is 5.88 Å². The molecule has 0 fully saturated rings. The number of benzene rings is 3. The van der Waals surface area contributed by atoms with Crippen LogP contribution in [0.25, 0.3) is 21.0 Å². The number of furan rings is 1. The molecule has 0 saturated carbocycles. The molecule has 0 saturated heterocycles. The summed E-state index contributed by atoms with van der Waals surface area (Å²) >= 11 is 4.75. The molecule has 1 amide bonds. The molecule has 0 N–H and O–H groups in total. The van der Waals surface area contributed by atoms with E-state index in [2.05, 4.69) is 26.0 Å². The van der Waals surface area contributed by atoms with Crippen molar-refractivity contribution < 1.29 is 14.1 Å². The Morgan fingerprint density at radius 1 is 1.09 bits per heavy atom. The molecule has 2 heterocycles. The van der Waals surface area contributed by atoms with E-state index < -0.39 is 16.7 Å². The lowest BCUT2D eigenvalue weighted by Crippen LogP contribution is -2.25. The Morgan fingerprint density at radius 3 is 2.70 bits per heavy atom. The van der Waals surface area contributed by atoms with Crippen molar-refractivity contribution in [2.24, 2.45) is 5.10 Å². The van der Waals surface area contributed by atoms with Crippen LogP contribution >= 0.6 is 27.3 Å². The van der Waals surface area contributed by atoms with E-state index in [-0.39, 0.29) is 5.76 Å². The first-order valence-electron chi connectivity index (χ1n) is 9.65. The number of hydrogen-bond donors (Lipinski definition) is 0. The van der Waals surface area contributed by atoms with E-state index in [1.165, 1.54) is 34.7 Å². The van der Waals surface area contributed by atoms with Crippen molar-refractivity contribution in [1.29, 1.82) is 0 Å². The Kier molecular flexibility index (Phi) is 5.45. The van der Waals surface area contributed by atoms with Crippen LogP contribution in [0.5, 0.6) is 0 Å². The summed E-state index contributed by atoms with van der Waals surface area (Å²) in [4.78, 5) is 28.3. The number of fused-ring (bicyclic) bond motifs is 2. The highest BCUT2D eigenvalue weighted by Gasteiger charge is 2.22. The fourth-order valence-corrected chi connectivity index (χ4v) is 4.71. The van der Waals surface area contributed by atoms with Gasteiger partial charge in [0.15, 0.2) is 5.76 Å². The van der Waals surface area contributed by atoms with Crippen LogP contribution in [0.1, 0.15) is 16.1 Å². The fourth-order valence-electron chi connectivity index (χ4n) is 3.23. The summed E-state index contributed by atoms with van der Waals surface area (Å²) in [5.41, 5.74) is 1.15. The first-order valence-corrected chi connectivity index (χ1v) is 11.3. The molecular formula is C23H13BrN4O4S. The van der Waals surface area contributed by atoms with Crippen LogP contribution in [0.2, 0.25) is 0 Å². The second-order valence-electron chi connectivity index (χ2n) is 6.97. The molecule has 33 heavy (non-hydrogen) atoms. The van der Waals surface area contributed by atoms with E-state index in [0.29, 0.717) is 10.7 Å². The van der Waals surface area contributed by atoms with Gasteiger partial charge in [-0.05, 0) is 47.2 Å². The molecule has 10 heteroatoms. The van der Waals surface area contributed by atoms with Crippen LogP contribution in [0.4, 0.5) is 11.0 Å². The standard InChI is InChI=1S/C23H13BrN4O4S/c24-17-7-9-19-20(12-17)33-23(26-19)27(25-13-18-8-10-21(32-18)28(30)31)22(29)16-6-5-14-3-1-2-4-15(14)11-16/h1-13H/b25-13+. The number of rotatable bonds is 5. The van der Waals surface area contributed by atoms with Gasteiger partial charge in [-0.1, -0.05) is 57.6 Å². The minimum absolute atomic E-state index is 0.141. The molecule has 0 radical (unpaired) electrons. The van der Waals surface area contributed by atoms with Gasteiger partial charge in [-0.2, -0.15) is 10.1 Å². The molecule has 2 aromatic heterocycles.